The van der Waals surface area contributed by atoms with E-state index in [-0.39, 0.29) is 24.0 Å². The largest absolute Gasteiger partial charge is 0.312 e. The van der Waals surface area contributed by atoms with Gasteiger partial charge in [-0.05, 0) is 18.2 Å². The first-order valence-electron chi connectivity index (χ1n) is 5.95. The highest BCUT2D eigenvalue weighted by Gasteiger charge is 2.32. The Hall–Kier alpha value is -1.58. The molecule has 0 bridgehead atoms. The number of benzene rings is 1. The van der Waals surface area contributed by atoms with Gasteiger partial charge < -0.3 is 4.90 Å². The zero-order valence-electron chi connectivity index (χ0n) is 10.4. The molecule has 1 aromatic heterocycles. The van der Waals surface area contributed by atoms with Crippen molar-refractivity contribution in [3.63, 3.8) is 0 Å². The molecule has 1 aliphatic rings. The van der Waals surface area contributed by atoms with Crippen LogP contribution in [0.2, 0.25) is 0 Å². The Labute approximate surface area is 119 Å². The van der Waals surface area contributed by atoms with Gasteiger partial charge in [0.15, 0.2) is 0 Å². The number of amides is 1. The van der Waals surface area contributed by atoms with E-state index >= 15 is 0 Å². The normalized spacial score (nSPS) is 19.9. The standard InChI is InChI=1S/C11H12N4O3S2/c12-20(17,18)6-7-3-11(16)15(5-7)8-1-2-9-10(4-8)14-19-13-9/h1-2,4,7H,3,5-6H2,(H2,12,17,18). The van der Waals surface area contributed by atoms with E-state index < -0.39 is 10.0 Å². The molecule has 20 heavy (non-hydrogen) atoms. The van der Waals surface area contributed by atoms with E-state index in [0.29, 0.717) is 12.2 Å². The molecule has 1 fully saturated rings. The number of nitrogens with zero attached hydrogens (tertiary/aromatic N) is 3. The first-order valence-corrected chi connectivity index (χ1v) is 8.40. The van der Waals surface area contributed by atoms with Crippen LogP contribution in [0.5, 0.6) is 0 Å². The lowest BCUT2D eigenvalue weighted by atomic mass is 10.1. The molecular weight excluding hydrogens is 300 g/mol. The molecule has 1 saturated heterocycles. The Bertz CT molecular complexity index is 771. The van der Waals surface area contributed by atoms with E-state index in [0.717, 1.165) is 22.8 Å². The fraction of sp³-hybridized carbons (Fsp3) is 0.364. The van der Waals surface area contributed by atoms with Crippen molar-refractivity contribution in [3.05, 3.63) is 18.2 Å². The van der Waals surface area contributed by atoms with Crippen LogP contribution in [0.1, 0.15) is 6.42 Å². The third kappa shape index (κ3) is 2.65. The highest BCUT2D eigenvalue weighted by Crippen LogP contribution is 2.27. The first kappa shape index (κ1) is 13.4. The molecule has 0 saturated carbocycles. The topological polar surface area (TPSA) is 106 Å². The molecule has 0 spiro atoms. The number of hydrogen-bond donors (Lipinski definition) is 1. The summed E-state index contributed by atoms with van der Waals surface area (Å²) < 4.78 is 30.4. The van der Waals surface area contributed by atoms with Crippen LogP contribution in [-0.4, -0.2) is 35.4 Å². The van der Waals surface area contributed by atoms with E-state index in [1.807, 2.05) is 0 Å². The summed E-state index contributed by atoms with van der Waals surface area (Å²) in [6.45, 7) is 0.359. The second-order valence-corrected chi connectivity index (χ2v) is 7.03. The summed E-state index contributed by atoms with van der Waals surface area (Å²) in [5, 5.41) is 5.03. The lowest BCUT2D eigenvalue weighted by Crippen LogP contribution is -2.27. The Kier molecular flexibility index (Phi) is 3.19. The van der Waals surface area contributed by atoms with Crippen LogP contribution >= 0.6 is 11.7 Å². The van der Waals surface area contributed by atoms with Crippen LogP contribution in [0.15, 0.2) is 18.2 Å². The highest BCUT2D eigenvalue weighted by molar-refractivity contribution is 7.89. The maximum atomic E-state index is 12.0. The minimum absolute atomic E-state index is 0.0961. The molecule has 1 aliphatic heterocycles. The van der Waals surface area contributed by atoms with Gasteiger partial charge in [-0.2, -0.15) is 8.75 Å². The smallest absolute Gasteiger partial charge is 0.227 e. The average Bonchev–Trinajstić information content (AvgIpc) is 2.92. The van der Waals surface area contributed by atoms with Crippen molar-refractivity contribution < 1.29 is 13.2 Å². The van der Waals surface area contributed by atoms with Crippen LogP contribution in [0.25, 0.3) is 11.0 Å². The molecule has 0 aliphatic carbocycles. The summed E-state index contributed by atoms with van der Waals surface area (Å²) in [7, 11) is -3.56. The van der Waals surface area contributed by atoms with Gasteiger partial charge in [0.25, 0.3) is 0 Å². The molecule has 1 atom stereocenters. The molecule has 0 radical (unpaired) electrons. The molecular formula is C11H12N4O3S2. The van der Waals surface area contributed by atoms with Crippen LogP contribution in [0.4, 0.5) is 5.69 Å². The second kappa shape index (κ2) is 4.76. The van der Waals surface area contributed by atoms with Gasteiger partial charge in [-0.15, -0.1) is 0 Å². The van der Waals surface area contributed by atoms with E-state index in [2.05, 4.69) is 8.75 Å². The number of anilines is 1. The maximum absolute atomic E-state index is 12.0. The van der Waals surface area contributed by atoms with Gasteiger partial charge in [0.05, 0.1) is 17.5 Å². The third-order valence-electron chi connectivity index (χ3n) is 3.22. The summed E-state index contributed by atoms with van der Waals surface area (Å²) in [5.41, 5.74) is 2.23. The number of carbonyl (C=O) groups is 1. The van der Waals surface area contributed by atoms with Gasteiger partial charge in [-0.3, -0.25) is 4.79 Å². The quantitative estimate of drug-likeness (QED) is 0.879. The zero-order valence-corrected chi connectivity index (χ0v) is 12.0. The number of primary sulfonamides is 1. The minimum atomic E-state index is -3.56. The molecule has 1 unspecified atom stereocenters. The van der Waals surface area contributed by atoms with Gasteiger partial charge in [0.2, 0.25) is 15.9 Å². The van der Waals surface area contributed by atoms with Crippen molar-refractivity contribution >= 4 is 44.4 Å². The highest BCUT2D eigenvalue weighted by atomic mass is 32.2. The number of carbonyl (C=O) groups excluding carboxylic acids is 1. The van der Waals surface area contributed by atoms with Gasteiger partial charge in [0.1, 0.15) is 11.0 Å². The number of hydrogen-bond acceptors (Lipinski definition) is 6. The van der Waals surface area contributed by atoms with Crippen molar-refractivity contribution in [3.8, 4) is 0 Å². The monoisotopic (exact) mass is 312 g/mol. The number of aromatic nitrogens is 2. The molecule has 2 N–H and O–H groups in total. The fourth-order valence-electron chi connectivity index (χ4n) is 2.41. The SMILES string of the molecule is NS(=O)(=O)CC1CC(=O)N(c2ccc3nsnc3c2)C1. The average molecular weight is 312 g/mol. The molecule has 106 valence electrons. The molecule has 3 rings (SSSR count). The van der Waals surface area contributed by atoms with Crippen LogP contribution in [-0.2, 0) is 14.8 Å². The molecule has 1 amide bonds. The van der Waals surface area contributed by atoms with Gasteiger partial charge >= 0.3 is 0 Å². The van der Waals surface area contributed by atoms with E-state index in [4.69, 9.17) is 5.14 Å². The summed E-state index contributed by atoms with van der Waals surface area (Å²) in [6, 6.07) is 5.38. The van der Waals surface area contributed by atoms with E-state index in [9.17, 15) is 13.2 Å². The Morgan fingerprint density at radius 1 is 1.35 bits per heavy atom. The lowest BCUT2D eigenvalue weighted by molar-refractivity contribution is -0.117. The van der Waals surface area contributed by atoms with Crippen molar-refractivity contribution in [1.82, 2.24) is 8.75 Å². The summed E-state index contributed by atoms with van der Waals surface area (Å²) >= 11 is 1.11. The zero-order chi connectivity index (χ0) is 14.3. The lowest BCUT2D eigenvalue weighted by Gasteiger charge is -2.16. The molecule has 1 aromatic carbocycles. The van der Waals surface area contributed by atoms with Gasteiger partial charge in [-0.1, -0.05) is 0 Å². The van der Waals surface area contributed by atoms with Gasteiger partial charge in [0, 0.05) is 24.6 Å². The predicted octanol–water partition coefficient (Wildman–Crippen LogP) is 0.333. The molecule has 2 aromatic rings. The number of sulfonamides is 1. The first-order chi connectivity index (χ1) is 9.42. The summed E-state index contributed by atoms with van der Waals surface area (Å²) in [4.78, 5) is 13.6. The van der Waals surface area contributed by atoms with Crippen LogP contribution < -0.4 is 10.0 Å². The number of fused-ring (bicyclic) bond motifs is 1. The molecule has 2 heterocycles. The van der Waals surface area contributed by atoms with Crippen molar-refractivity contribution in [2.75, 3.05) is 17.2 Å². The van der Waals surface area contributed by atoms with Crippen molar-refractivity contribution in [1.29, 1.82) is 0 Å². The molecule has 7 nitrogen and oxygen atoms in total. The van der Waals surface area contributed by atoms with Crippen molar-refractivity contribution in [2.24, 2.45) is 11.1 Å². The Balaban J connectivity index is 1.85. The number of nitrogens with two attached hydrogens (primary N) is 1. The fourth-order valence-corrected chi connectivity index (χ4v) is 3.81. The summed E-state index contributed by atoms with van der Waals surface area (Å²) in [5.74, 6) is -0.529. The van der Waals surface area contributed by atoms with E-state index in [1.165, 1.54) is 0 Å². The van der Waals surface area contributed by atoms with Crippen molar-refractivity contribution in [2.45, 2.75) is 6.42 Å². The predicted molar refractivity (Wildman–Crippen MR) is 75.8 cm³/mol. The third-order valence-corrected chi connectivity index (χ3v) is 4.71. The Morgan fingerprint density at radius 3 is 2.85 bits per heavy atom. The van der Waals surface area contributed by atoms with Crippen LogP contribution in [0.3, 0.4) is 0 Å². The maximum Gasteiger partial charge on any atom is 0.227 e. The number of rotatable bonds is 3. The summed E-state index contributed by atoms with van der Waals surface area (Å²) in [6.07, 6.45) is 0.198. The van der Waals surface area contributed by atoms with E-state index in [1.54, 1.807) is 23.1 Å². The second-order valence-electron chi connectivity index (χ2n) is 4.84. The Morgan fingerprint density at radius 2 is 2.10 bits per heavy atom. The van der Waals surface area contributed by atoms with Crippen LogP contribution in [0, 0.1) is 5.92 Å². The van der Waals surface area contributed by atoms with Gasteiger partial charge in [-0.25, -0.2) is 13.6 Å². The minimum Gasteiger partial charge on any atom is -0.312 e. The molecule has 9 heteroatoms.